The molecule has 1 N–H and O–H groups in total. The number of amides is 1. The van der Waals surface area contributed by atoms with E-state index in [0.717, 1.165) is 0 Å². The summed E-state index contributed by atoms with van der Waals surface area (Å²) in [6.07, 6.45) is -1.68. The molecule has 162 valence electrons. The van der Waals surface area contributed by atoms with E-state index in [4.69, 9.17) is 14.2 Å². The second-order valence-electron chi connectivity index (χ2n) is 8.00. The van der Waals surface area contributed by atoms with Crippen LogP contribution in [-0.4, -0.2) is 43.3 Å². The molecule has 1 aromatic rings. The first-order valence-corrected chi connectivity index (χ1v) is 9.76. The Hall–Kier alpha value is -2.22. The SMILES string of the molecule is CCOC(=O)c1ccccc1OC1(F)OCC(NC(=O)C(C)(C)C)C(F)C1CC. The van der Waals surface area contributed by atoms with Crippen LogP contribution in [0.1, 0.15) is 51.4 Å². The van der Waals surface area contributed by atoms with Crippen molar-refractivity contribution in [1.82, 2.24) is 5.32 Å². The molecule has 1 aliphatic heterocycles. The van der Waals surface area contributed by atoms with Gasteiger partial charge in [0.2, 0.25) is 5.91 Å². The first kappa shape index (κ1) is 23.1. The summed E-state index contributed by atoms with van der Waals surface area (Å²) < 4.78 is 46.3. The molecule has 1 saturated heterocycles. The number of ether oxygens (including phenoxy) is 3. The molecule has 29 heavy (non-hydrogen) atoms. The number of rotatable bonds is 6. The number of carbonyl (C=O) groups is 2. The van der Waals surface area contributed by atoms with Crippen molar-refractivity contribution in [1.29, 1.82) is 0 Å². The smallest absolute Gasteiger partial charge is 0.369 e. The number of esters is 1. The van der Waals surface area contributed by atoms with Crippen molar-refractivity contribution in [3.05, 3.63) is 29.8 Å². The fourth-order valence-corrected chi connectivity index (χ4v) is 3.04. The van der Waals surface area contributed by atoms with Crippen LogP contribution in [0.2, 0.25) is 0 Å². The lowest BCUT2D eigenvalue weighted by molar-refractivity contribution is -0.335. The van der Waals surface area contributed by atoms with Gasteiger partial charge in [0.1, 0.15) is 17.5 Å². The molecule has 8 heteroatoms. The second kappa shape index (κ2) is 9.07. The van der Waals surface area contributed by atoms with Gasteiger partial charge in [-0.1, -0.05) is 39.8 Å². The first-order chi connectivity index (χ1) is 13.5. The van der Waals surface area contributed by atoms with Gasteiger partial charge in [-0.3, -0.25) is 4.79 Å². The van der Waals surface area contributed by atoms with Crippen molar-refractivity contribution in [3.63, 3.8) is 0 Å². The van der Waals surface area contributed by atoms with Crippen LogP contribution < -0.4 is 10.1 Å². The minimum Gasteiger partial charge on any atom is -0.462 e. The van der Waals surface area contributed by atoms with Crippen LogP contribution in [0, 0.1) is 11.3 Å². The molecule has 0 radical (unpaired) electrons. The van der Waals surface area contributed by atoms with Crippen LogP contribution in [0.15, 0.2) is 24.3 Å². The summed E-state index contributed by atoms with van der Waals surface area (Å²) in [7, 11) is 0. The molecule has 0 saturated carbocycles. The van der Waals surface area contributed by atoms with Gasteiger partial charge in [-0.2, -0.15) is 4.39 Å². The van der Waals surface area contributed by atoms with Crippen molar-refractivity contribution < 1.29 is 32.6 Å². The predicted octanol–water partition coefficient (Wildman–Crippen LogP) is 3.79. The molecular formula is C21H29F2NO5. The largest absolute Gasteiger partial charge is 0.462 e. The summed E-state index contributed by atoms with van der Waals surface area (Å²) in [4.78, 5) is 24.3. The van der Waals surface area contributed by atoms with Gasteiger partial charge in [-0.25, -0.2) is 9.18 Å². The highest BCUT2D eigenvalue weighted by molar-refractivity contribution is 5.92. The maximum Gasteiger partial charge on any atom is 0.369 e. The molecule has 1 heterocycles. The molecule has 1 fully saturated rings. The van der Waals surface area contributed by atoms with Crippen LogP contribution in [0.25, 0.3) is 0 Å². The van der Waals surface area contributed by atoms with E-state index < -0.39 is 42.2 Å². The number of nitrogens with one attached hydrogen (secondary N) is 1. The van der Waals surface area contributed by atoms with Gasteiger partial charge in [0.15, 0.2) is 0 Å². The van der Waals surface area contributed by atoms with Crippen LogP contribution in [0.5, 0.6) is 5.75 Å². The lowest BCUT2D eigenvalue weighted by Gasteiger charge is -2.42. The zero-order valence-corrected chi connectivity index (χ0v) is 17.5. The average Bonchev–Trinajstić information content (AvgIpc) is 2.64. The Kier molecular flexibility index (Phi) is 7.21. The van der Waals surface area contributed by atoms with Gasteiger partial charge in [0.25, 0.3) is 0 Å². The van der Waals surface area contributed by atoms with E-state index in [9.17, 15) is 9.59 Å². The van der Waals surface area contributed by atoms with Gasteiger partial charge in [-0.05, 0) is 25.5 Å². The van der Waals surface area contributed by atoms with Crippen molar-refractivity contribution in [3.8, 4) is 5.75 Å². The Morgan fingerprint density at radius 2 is 1.93 bits per heavy atom. The van der Waals surface area contributed by atoms with Gasteiger partial charge < -0.3 is 19.5 Å². The van der Waals surface area contributed by atoms with E-state index in [0.29, 0.717) is 0 Å². The normalized spacial score (nSPS) is 27.2. The maximum atomic E-state index is 15.6. The van der Waals surface area contributed by atoms with E-state index in [-0.39, 0.29) is 30.2 Å². The number of alkyl halides is 2. The number of benzene rings is 1. The van der Waals surface area contributed by atoms with E-state index in [1.807, 2.05) is 0 Å². The zero-order chi connectivity index (χ0) is 21.8. The molecule has 0 aliphatic carbocycles. The minimum absolute atomic E-state index is 0.0170. The Morgan fingerprint density at radius 3 is 2.52 bits per heavy atom. The highest BCUT2D eigenvalue weighted by Gasteiger charge is 2.54. The monoisotopic (exact) mass is 413 g/mol. The van der Waals surface area contributed by atoms with Crippen LogP contribution in [0.4, 0.5) is 8.78 Å². The molecule has 4 atom stereocenters. The minimum atomic E-state index is -2.79. The molecule has 4 unspecified atom stereocenters. The molecule has 1 aromatic carbocycles. The summed E-state index contributed by atoms with van der Waals surface area (Å²) in [6.45, 7) is 8.09. The molecule has 0 bridgehead atoms. The van der Waals surface area contributed by atoms with Crippen molar-refractivity contribution >= 4 is 11.9 Å². The third-order valence-corrected chi connectivity index (χ3v) is 4.74. The summed E-state index contributed by atoms with van der Waals surface area (Å²) in [5.41, 5.74) is -0.704. The third-order valence-electron chi connectivity index (χ3n) is 4.74. The van der Waals surface area contributed by atoms with Crippen LogP contribution in [-0.2, 0) is 14.3 Å². The van der Waals surface area contributed by atoms with Crippen LogP contribution in [0.3, 0.4) is 0 Å². The predicted molar refractivity (Wildman–Crippen MR) is 103 cm³/mol. The molecule has 1 aliphatic rings. The summed E-state index contributed by atoms with van der Waals surface area (Å²) in [5.74, 6) is -2.45. The fraction of sp³-hybridized carbons (Fsp3) is 0.619. The third kappa shape index (κ3) is 5.23. The molecule has 0 spiro atoms. The van der Waals surface area contributed by atoms with Gasteiger partial charge in [-0.15, -0.1) is 0 Å². The summed E-state index contributed by atoms with van der Waals surface area (Å²) >= 11 is 0. The molecule has 6 nitrogen and oxygen atoms in total. The molecule has 2 rings (SSSR count). The Labute approximate surface area is 169 Å². The number of halogens is 2. The summed E-state index contributed by atoms with van der Waals surface area (Å²) in [6, 6.07) is 2.17. The number of carbonyl (C=O) groups excluding carboxylic acids is 2. The number of hydrogen-bond acceptors (Lipinski definition) is 5. The summed E-state index contributed by atoms with van der Waals surface area (Å²) in [5, 5.41) is 2.59. The van der Waals surface area contributed by atoms with Crippen molar-refractivity contribution in [2.45, 2.75) is 59.3 Å². The Balaban J connectivity index is 2.23. The maximum absolute atomic E-state index is 15.6. The quantitative estimate of drug-likeness (QED) is 0.719. The fourth-order valence-electron chi connectivity index (χ4n) is 3.04. The number of hydrogen-bond donors (Lipinski definition) is 1. The highest BCUT2D eigenvalue weighted by atomic mass is 19.2. The van der Waals surface area contributed by atoms with E-state index in [2.05, 4.69) is 5.32 Å². The van der Waals surface area contributed by atoms with E-state index in [1.165, 1.54) is 12.1 Å². The molecular weight excluding hydrogens is 384 g/mol. The van der Waals surface area contributed by atoms with Gasteiger partial charge >= 0.3 is 12.0 Å². The molecule has 0 aromatic heterocycles. The highest BCUT2D eigenvalue weighted by Crippen LogP contribution is 2.40. The van der Waals surface area contributed by atoms with E-state index in [1.54, 1.807) is 46.8 Å². The van der Waals surface area contributed by atoms with Crippen molar-refractivity contribution in [2.24, 2.45) is 11.3 Å². The second-order valence-corrected chi connectivity index (χ2v) is 8.00. The van der Waals surface area contributed by atoms with Crippen molar-refractivity contribution in [2.75, 3.05) is 13.2 Å². The zero-order valence-electron chi connectivity index (χ0n) is 17.5. The molecule has 1 amide bonds. The first-order valence-electron chi connectivity index (χ1n) is 9.76. The van der Waals surface area contributed by atoms with Gasteiger partial charge in [0, 0.05) is 5.41 Å². The number of para-hydroxylation sites is 1. The lowest BCUT2D eigenvalue weighted by Crippen LogP contribution is -2.61. The lowest BCUT2D eigenvalue weighted by atomic mass is 9.89. The van der Waals surface area contributed by atoms with Gasteiger partial charge in [0.05, 0.1) is 25.2 Å². The topological polar surface area (TPSA) is 73.9 Å². The standard InChI is InChI=1S/C21H29F2NO5/c1-6-14-17(22)15(24-19(26)20(3,4)5)12-28-21(14,23)29-16-11-9-8-10-13(16)18(25)27-7-2/h8-11,14-15,17H,6-7,12H2,1-5H3,(H,24,26). The average molecular weight is 413 g/mol. The van der Waals surface area contributed by atoms with Crippen LogP contribution >= 0.6 is 0 Å². The Bertz CT molecular complexity index is 736. The van der Waals surface area contributed by atoms with E-state index >= 15 is 8.78 Å². The Morgan fingerprint density at radius 1 is 1.28 bits per heavy atom.